The highest BCUT2D eigenvalue weighted by atomic mass is 127. The second-order valence-electron chi connectivity index (χ2n) is 4.56. The molecule has 0 aliphatic heterocycles. The molecule has 0 saturated carbocycles. The first kappa shape index (κ1) is 13.8. The summed E-state index contributed by atoms with van der Waals surface area (Å²) in [5.74, 6) is 0. The van der Waals surface area contributed by atoms with Crippen molar-refractivity contribution in [3.63, 3.8) is 0 Å². The zero-order valence-corrected chi connectivity index (χ0v) is 12.8. The van der Waals surface area contributed by atoms with E-state index in [9.17, 15) is 0 Å². The molecule has 18 heavy (non-hydrogen) atoms. The number of nitrogens with one attached hydrogen (secondary N) is 1. The Balaban J connectivity index is 1.88. The van der Waals surface area contributed by atoms with Crippen molar-refractivity contribution in [1.82, 2.24) is 5.32 Å². The molecule has 0 radical (unpaired) electrons. The van der Waals surface area contributed by atoms with Gasteiger partial charge in [0.05, 0.1) is 0 Å². The number of rotatable bonds is 7. The maximum atomic E-state index is 3.55. The molecule has 0 amide bonds. The number of hydrogen-bond acceptors (Lipinski definition) is 1. The van der Waals surface area contributed by atoms with Crippen molar-refractivity contribution in [1.29, 1.82) is 0 Å². The molecule has 0 aliphatic carbocycles. The van der Waals surface area contributed by atoms with E-state index in [0.717, 1.165) is 13.1 Å². The van der Waals surface area contributed by atoms with Crippen LogP contribution in [0.1, 0.15) is 24.8 Å². The van der Waals surface area contributed by atoms with Gasteiger partial charge in [0.25, 0.3) is 0 Å². The van der Waals surface area contributed by atoms with Crippen LogP contribution >= 0.6 is 22.6 Å². The topological polar surface area (TPSA) is 12.0 Å². The zero-order chi connectivity index (χ0) is 12.6. The van der Waals surface area contributed by atoms with Gasteiger partial charge in [-0.3, -0.25) is 0 Å². The van der Waals surface area contributed by atoms with E-state index in [1.807, 2.05) is 0 Å². The number of unbranched alkanes of at least 4 members (excludes halogenated alkanes) is 2. The van der Waals surface area contributed by atoms with Crippen LogP contribution in [0.3, 0.4) is 0 Å². The van der Waals surface area contributed by atoms with Crippen LogP contribution in [0.5, 0.6) is 0 Å². The minimum absolute atomic E-state index is 0.978. The van der Waals surface area contributed by atoms with E-state index in [-0.39, 0.29) is 0 Å². The van der Waals surface area contributed by atoms with Crippen molar-refractivity contribution in [2.75, 3.05) is 11.0 Å². The summed E-state index contributed by atoms with van der Waals surface area (Å²) >= 11 is 2.45. The van der Waals surface area contributed by atoms with E-state index in [1.165, 1.54) is 40.0 Å². The van der Waals surface area contributed by atoms with Gasteiger partial charge in [0.1, 0.15) is 0 Å². The van der Waals surface area contributed by atoms with Gasteiger partial charge in [0.2, 0.25) is 0 Å². The molecule has 0 bridgehead atoms. The molecule has 2 heteroatoms. The van der Waals surface area contributed by atoms with Crippen molar-refractivity contribution < 1.29 is 0 Å². The lowest BCUT2D eigenvalue weighted by Gasteiger charge is -2.08. The maximum Gasteiger partial charge on any atom is 0.0211 e. The Morgan fingerprint density at radius 2 is 1.72 bits per heavy atom. The van der Waals surface area contributed by atoms with Gasteiger partial charge >= 0.3 is 0 Å². The molecule has 1 N–H and O–H groups in total. The third kappa shape index (κ3) is 3.95. The van der Waals surface area contributed by atoms with Crippen molar-refractivity contribution >= 4 is 33.4 Å². The van der Waals surface area contributed by atoms with Gasteiger partial charge in [0.15, 0.2) is 0 Å². The van der Waals surface area contributed by atoms with Crippen LogP contribution in [0.25, 0.3) is 10.8 Å². The third-order valence-electron chi connectivity index (χ3n) is 3.18. The lowest BCUT2D eigenvalue weighted by atomic mass is 10.0. The normalized spacial score (nSPS) is 10.9. The predicted molar refractivity (Wildman–Crippen MR) is 88.4 cm³/mol. The molecule has 1 nitrogen and oxygen atoms in total. The molecule has 0 fully saturated rings. The SMILES string of the molecule is ICCCCCNCc1cccc2ccccc12. The van der Waals surface area contributed by atoms with Crippen LogP contribution in [0.15, 0.2) is 42.5 Å². The van der Waals surface area contributed by atoms with Crippen LogP contribution in [0, 0.1) is 0 Å². The summed E-state index contributed by atoms with van der Waals surface area (Å²) in [6.07, 6.45) is 3.97. The zero-order valence-electron chi connectivity index (χ0n) is 10.7. The monoisotopic (exact) mass is 353 g/mol. The molecule has 0 aromatic heterocycles. The highest BCUT2D eigenvalue weighted by Crippen LogP contribution is 2.18. The Bertz CT molecular complexity index is 476. The Morgan fingerprint density at radius 3 is 2.61 bits per heavy atom. The van der Waals surface area contributed by atoms with Gasteiger partial charge in [0, 0.05) is 6.54 Å². The fraction of sp³-hybridized carbons (Fsp3) is 0.375. The van der Waals surface area contributed by atoms with Gasteiger partial charge in [-0.05, 0) is 40.1 Å². The van der Waals surface area contributed by atoms with Gasteiger partial charge < -0.3 is 5.32 Å². The van der Waals surface area contributed by atoms with Gasteiger partial charge in [-0.2, -0.15) is 0 Å². The smallest absolute Gasteiger partial charge is 0.0211 e. The fourth-order valence-electron chi connectivity index (χ4n) is 2.19. The van der Waals surface area contributed by atoms with Gasteiger partial charge in [-0.15, -0.1) is 0 Å². The average Bonchev–Trinajstić information content (AvgIpc) is 2.43. The lowest BCUT2D eigenvalue weighted by Crippen LogP contribution is -2.14. The predicted octanol–water partition coefficient (Wildman–Crippen LogP) is 4.53. The highest BCUT2D eigenvalue weighted by molar-refractivity contribution is 14.1. The van der Waals surface area contributed by atoms with E-state index in [0.29, 0.717) is 0 Å². The molecule has 0 unspecified atom stereocenters. The molecule has 0 saturated heterocycles. The van der Waals surface area contributed by atoms with E-state index in [2.05, 4.69) is 70.4 Å². The fourth-order valence-corrected chi connectivity index (χ4v) is 2.73. The Labute approximate surface area is 123 Å². The minimum Gasteiger partial charge on any atom is -0.313 e. The highest BCUT2D eigenvalue weighted by Gasteiger charge is 1.99. The summed E-state index contributed by atoms with van der Waals surface area (Å²) in [7, 11) is 0. The number of benzene rings is 2. The molecule has 2 aromatic carbocycles. The summed E-state index contributed by atoms with van der Waals surface area (Å²) in [6, 6.07) is 15.2. The second kappa shape index (κ2) is 7.74. The minimum atomic E-state index is 0.978. The van der Waals surface area contributed by atoms with E-state index < -0.39 is 0 Å². The Kier molecular flexibility index (Phi) is 5.94. The van der Waals surface area contributed by atoms with Crippen LogP contribution in [0.4, 0.5) is 0 Å². The van der Waals surface area contributed by atoms with Crippen LogP contribution < -0.4 is 5.32 Å². The molecule has 0 aliphatic rings. The lowest BCUT2D eigenvalue weighted by molar-refractivity contribution is 0.621. The summed E-state index contributed by atoms with van der Waals surface area (Å²) in [5.41, 5.74) is 1.40. The molecule has 0 atom stereocenters. The molecule has 2 rings (SSSR count). The summed E-state index contributed by atoms with van der Waals surface area (Å²) < 4.78 is 1.28. The maximum absolute atomic E-state index is 3.55. The van der Waals surface area contributed by atoms with Gasteiger partial charge in [-0.1, -0.05) is 71.5 Å². The first-order valence-corrected chi connectivity index (χ1v) is 8.17. The number of alkyl halides is 1. The summed E-state index contributed by atoms with van der Waals surface area (Å²) in [6.45, 7) is 2.10. The molecule has 2 aromatic rings. The number of halogens is 1. The molecule has 0 heterocycles. The van der Waals surface area contributed by atoms with E-state index in [4.69, 9.17) is 0 Å². The Morgan fingerprint density at radius 1 is 0.889 bits per heavy atom. The first-order valence-electron chi connectivity index (χ1n) is 6.65. The number of fused-ring (bicyclic) bond motifs is 1. The summed E-state index contributed by atoms with van der Waals surface area (Å²) in [4.78, 5) is 0. The van der Waals surface area contributed by atoms with E-state index >= 15 is 0 Å². The van der Waals surface area contributed by atoms with Crippen molar-refractivity contribution in [2.45, 2.75) is 25.8 Å². The van der Waals surface area contributed by atoms with Crippen LogP contribution in [0.2, 0.25) is 0 Å². The summed E-state index contributed by atoms with van der Waals surface area (Å²) in [5, 5.41) is 6.26. The number of hydrogen-bond donors (Lipinski definition) is 1. The van der Waals surface area contributed by atoms with Crippen LogP contribution in [-0.4, -0.2) is 11.0 Å². The molecule has 0 spiro atoms. The quantitative estimate of drug-likeness (QED) is 0.438. The van der Waals surface area contributed by atoms with Crippen molar-refractivity contribution in [3.8, 4) is 0 Å². The van der Waals surface area contributed by atoms with Crippen molar-refractivity contribution in [2.24, 2.45) is 0 Å². The third-order valence-corrected chi connectivity index (χ3v) is 3.95. The molecular weight excluding hydrogens is 333 g/mol. The molecule has 96 valence electrons. The molecular formula is C16H20IN. The van der Waals surface area contributed by atoms with Crippen molar-refractivity contribution in [3.05, 3.63) is 48.0 Å². The Hall–Kier alpha value is -0.610. The standard InChI is InChI=1S/C16H20IN/c17-11-4-1-5-12-18-13-15-9-6-8-14-7-2-3-10-16(14)15/h2-3,6-10,18H,1,4-5,11-13H2. The van der Waals surface area contributed by atoms with Gasteiger partial charge in [-0.25, -0.2) is 0 Å². The average molecular weight is 353 g/mol. The second-order valence-corrected chi connectivity index (χ2v) is 5.64. The first-order chi connectivity index (χ1) is 8.92. The van der Waals surface area contributed by atoms with E-state index in [1.54, 1.807) is 0 Å². The largest absolute Gasteiger partial charge is 0.313 e. The van der Waals surface area contributed by atoms with Crippen LogP contribution in [-0.2, 0) is 6.54 Å².